The van der Waals surface area contributed by atoms with Gasteiger partial charge in [-0.3, -0.25) is 0 Å². The van der Waals surface area contributed by atoms with Crippen LogP contribution in [-0.4, -0.2) is 55.0 Å². The summed E-state index contributed by atoms with van der Waals surface area (Å²) in [4.78, 5) is 24.5. The minimum absolute atomic E-state index is 0.220. The lowest BCUT2D eigenvalue weighted by molar-refractivity contribution is -0.0577. The molecule has 7 nitrogen and oxygen atoms in total. The second kappa shape index (κ2) is 31.6. The molecule has 1 heterocycles. The molecule has 290 valence electrons. The Labute approximate surface area is 308 Å². The Bertz CT molecular complexity index is 784. The van der Waals surface area contributed by atoms with Gasteiger partial charge >= 0.3 is 12.3 Å². The Morgan fingerprint density at radius 2 is 0.878 bits per heavy atom. The summed E-state index contributed by atoms with van der Waals surface area (Å²) in [6, 6.07) is 0. The molecule has 0 aromatic heterocycles. The Morgan fingerprint density at radius 1 is 0.551 bits per heavy atom. The lowest BCUT2D eigenvalue weighted by atomic mass is 10.0. The number of unbranched alkanes of at least 4 members (excludes halogenated alkanes) is 26. The number of rotatable bonds is 33. The SMILES string of the molecule is CCCCCCCCCCCCCCCCOC(=O)OC[C@H]1O[C@H](Br)[C@](C)(F)[C@@H]1OC(=O)OCCCCCCCCCCCCCCCC. The second-order valence-electron chi connectivity index (χ2n) is 14.4. The van der Waals surface area contributed by atoms with Crippen LogP contribution in [0.3, 0.4) is 0 Å². The minimum atomic E-state index is -2.03. The van der Waals surface area contributed by atoms with Crippen molar-refractivity contribution in [1.29, 1.82) is 0 Å². The van der Waals surface area contributed by atoms with Crippen LogP contribution in [0.4, 0.5) is 14.0 Å². The normalized spacial score (nSPS) is 20.4. The van der Waals surface area contributed by atoms with Crippen molar-refractivity contribution in [3.05, 3.63) is 0 Å². The highest BCUT2D eigenvalue weighted by Gasteiger charge is 2.56. The van der Waals surface area contributed by atoms with Crippen LogP contribution in [0.2, 0.25) is 0 Å². The van der Waals surface area contributed by atoms with E-state index in [1.807, 2.05) is 0 Å². The van der Waals surface area contributed by atoms with Crippen molar-refractivity contribution in [2.75, 3.05) is 19.8 Å². The summed E-state index contributed by atoms with van der Waals surface area (Å²) in [5.74, 6) is 0. The first-order valence-corrected chi connectivity index (χ1v) is 21.4. The molecule has 0 N–H and O–H groups in total. The lowest BCUT2D eigenvalue weighted by Crippen LogP contribution is -2.44. The highest BCUT2D eigenvalue weighted by atomic mass is 79.9. The zero-order chi connectivity index (χ0) is 35.8. The smallest absolute Gasteiger partial charge is 0.434 e. The first-order valence-electron chi connectivity index (χ1n) is 20.4. The van der Waals surface area contributed by atoms with Gasteiger partial charge in [0, 0.05) is 0 Å². The molecular formula is C40H74BrFO7. The van der Waals surface area contributed by atoms with Crippen LogP contribution >= 0.6 is 15.9 Å². The number of halogens is 2. The van der Waals surface area contributed by atoms with Gasteiger partial charge in [0.25, 0.3) is 0 Å². The standard InChI is InChI=1S/C40H74BrFO7/c1-4-6-8-10-12-14-16-18-20-22-24-26-28-30-32-45-38(43)47-34-35-36(40(3,42)37(41)48-35)49-39(44)46-33-31-29-27-25-23-21-19-17-15-13-11-9-7-5-2/h35-37H,4-34H2,1-3H3/t35-,36-,37+,40-/m1/s1. The molecule has 4 atom stereocenters. The molecule has 0 aromatic rings. The average Bonchev–Trinajstić information content (AvgIpc) is 3.29. The third kappa shape index (κ3) is 24.7. The zero-order valence-corrected chi connectivity index (χ0v) is 33.4. The molecule has 1 aliphatic rings. The number of hydrogen-bond donors (Lipinski definition) is 0. The first-order chi connectivity index (χ1) is 23.8. The van der Waals surface area contributed by atoms with Crippen molar-refractivity contribution in [3.8, 4) is 0 Å². The predicted octanol–water partition coefficient (Wildman–Crippen LogP) is 13.5. The number of hydrogen-bond acceptors (Lipinski definition) is 7. The molecule has 1 fully saturated rings. The van der Waals surface area contributed by atoms with E-state index in [0.29, 0.717) is 0 Å². The van der Waals surface area contributed by atoms with Gasteiger partial charge < -0.3 is 23.7 Å². The first kappa shape index (κ1) is 45.9. The van der Waals surface area contributed by atoms with E-state index in [9.17, 15) is 9.59 Å². The molecular weight excluding hydrogens is 691 g/mol. The minimum Gasteiger partial charge on any atom is -0.434 e. The molecule has 0 unspecified atom stereocenters. The average molecular weight is 766 g/mol. The maximum Gasteiger partial charge on any atom is 0.508 e. The van der Waals surface area contributed by atoms with E-state index >= 15 is 4.39 Å². The quantitative estimate of drug-likeness (QED) is 0.0374. The fraction of sp³-hybridized carbons (Fsp3) is 0.950. The van der Waals surface area contributed by atoms with Crippen LogP contribution in [0.5, 0.6) is 0 Å². The molecule has 49 heavy (non-hydrogen) atoms. The molecule has 9 heteroatoms. The van der Waals surface area contributed by atoms with Crippen LogP contribution in [-0.2, 0) is 23.7 Å². The predicted molar refractivity (Wildman–Crippen MR) is 201 cm³/mol. The molecule has 0 radical (unpaired) electrons. The summed E-state index contributed by atoms with van der Waals surface area (Å²) >= 11 is 3.16. The van der Waals surface area contributed by atoms with E-state index in [4.69, 9.17) is 23.7 Å². The number of ether oxygens (including phenoxy) is 5. The van der Waals surface area contributed by atoms with Crippen LogP contribution in [0.25, 0.3) is 0 Å². The van der Waals surface area contributed by atoms with Gasteiger partial charge in [-0.1, -0.05) is 197 Å². The van der Waals surface area contributed by atoms with Gasteiger partial charge in [0.2, 0.25) is 0 Å². The number of carbonyl (C=O) groups is 2. The van der Waals surface area contributed by atoms with Crippen LogP contribution in [0, 0.1) is 0 Å². The van der Waals surface area contributed by atoms with Gasteiger partial charge in [0.05, 0.1) is 13.2 Å². The van der Waals surface area contributed by atoms with Crippen LogP contribution in [0.15, 0.2) is 0 Å². The summed E-state index contributed by atoms with van der Waals surface area (Å²) in [5.41, 5.74) is -2.03. The molecule has 1 aliphatic heterocycles. The molecule has 0 aliphatic carbocycles. The Kier molecular flexibility index (Phi) is 29.6. The lowest BCUT2D eigenvalue weighted by Gasteiger charge is -2.25. The van der Waals surface area contributed by atoms with Gasteiger partial charge in [-0.2, -0.15) is 0 Å². The van der Waals surface area contributed by atoms with E-state index in [1.165, 1.54) is 148 Å². The largest absolute Gasteiger partial charge is 0.508 e. The Morgan fingerprint density at radius 3 is 1.24 bits per heavy atom. The van der Waals surface area contributed by atoms with Crippen molar-refractivity contribution >= 4 is 28.2 Å². The van der Waals surface area contributed by atoms with Crippen molar-refractivity contribution in [2.45, 2.75) is 223 Å². The monoisotopic (exact) mass is 764 g/mol. The van der Waals surface area contributed by atoms with Crippen molar-refractivity contribution < 1.29 is 37.7 Å². The van der Waals surface area contributed by atoms with Gasteiger partial charge in [0.1, 0.15) is 12.7 Å². The summed E-state index contributed by atoms with van der Waals surface area (Å²) in [6.45, 7) is 5.99. The van der Waals surface area contributed by atoms with E-state index in [-0.39, 0.29) is 19.8 Å². The van der Waals surface area contributed by atoms with E-state index < -0.39 is 35.2 Å². The maximum atomic E-state index is 15.4. The number of alkyl halides is 2. The topological polar surface area (TPSA) is 80.3 Å². The van der Waals surface area contributed by atoms with E-state index in [0.717, 1.165) is 38.5 Å². The Balaban J connectivity index is 2.07. The van der Waals surface area contributed by atoms with Crippen molar-refractivity contribution in [2.24, 2.45) is 0 Å². The molecule has 1 saturated heterocycles. The fourth-order valence-corrected chi connectivity index (χ4v) is 6.94. The molecule has 0 spiro atoms. The molecule has 0 saturated carbocycles. The summed E-state index contributed by atoms with van der Waals surface area (Å²) in [6.07, 6.45) is 30.9. The van der Waals surface area contributed by atoms with Crippen molar-refractivity contribution in [1.82, 2.24) is 0 Å². The van der Waals surface area contributed by atoms with Crippen molar-refractivity contribution in [3.63, 3.8) is 0 Å². The summed E-state index contributed by atoms with van der Waals surface area (Å²) < 4.78 is 41.9. The highest BCUT2D eigenvalue weighted by molar-refractivity contribution is 9.09. The third-order valence-corrected chi connectivity index (χ3v) is 10.8. The van der Waals surface area contributed by atoms with Crippen LogP contribution in [0.1, 0.15) is 201 Å². The molecule has 1 rings (SSSR count). The second-order valence-corrected chi connectivity index (χ2v) is 15.2. The molecule has 0 amide bonds. The van der Waals surface area contributed by atoms with E-state index in [1.54, 1.807) is 0 Å². The fourth-order valence-electron chi connectivity index (χ4n) is 6.40. The zero-order valence-electron chi connectivity index (χ0n) is 31.8. The van der Waals surface area contributed by atoms with Gasteiger partial charge in [-0.15, -0.1) is 0 Å². The molecule has 0 bridgehead atoms. The van der Waals surface area contributed by atoms with Gasteiger partial charge in [-0.25, -0.2) is 14.0 Å². The third-order valence-electron chi connectivity index (χ3n) is 9.66. The van der Waals surface area contributed by atoms with Crippen LogP contribution < -0.4 is 0 Å². The Hall–Kier alpha value is -1.09. The maximum absolute atomic E-state index is 15.4. The summed E-state index contributed by atoms with van der Waals surface area (Å²) in [7, 11) is 0. The number of carbonyl (C=O) groups excluding carboxylic acids is 2. The van der Waals surface area contributed by atoms with Gasteiger partial charge in [0.15, 0.2) is 16.8 Å². The highest BCUT2D eigenvalue weighted by Crippen LogP contribution is 2.40. The van der Waals surface area contributed by atoms with E-state index in [2.05, 4.69) is 29.8 Å². The summed E-state index contributed by atoms with van der Waals surface area (Å²) in [5, 5.41) is -1.02. The van der Waals surface area contributed by atoms with Gasteiger partial charge in [-0.05, 0) is 19.8 Å². The molecule has 0 aromatic carbocycles.